The number of likely N-dealkylation sites (tertiary alicyclic amines) is 1. The van der Waals surface area contributed by atoms with Crippen LogP contribution in [0.5, 0.6) is 0 Å². The fraction of sp³-hybridized carbons (Fsp3) is 0.400. The maximum Gasteiger partial charge on any atom is 0.253 e. The molecule has 0 bridgehead atoms. The van der Waals surface area contributed by atoms with Gasteiger partial charge in [0.1, 0.15) is 0 Å². The predicted molar refractivity (Wildman–Crippen MR) is 135 cm³/mol. The quantitative estimate of drug-likeness (QED) is 0.552. The third-order valence-electron chi connectivity index (χ3n) is 6.25. The summed E-state index contributed by atoms with van der Waals surface area (Å²) in [4.78, 5) is 44.3. The minimum Gasteiger partial charge on any atom is -0.367 e. The van der Waals surface area contributed by atoms with Gasteiger partial charge in [0.2, 0.25) is 5.91 Å². The summed E-state index contributed by atoms with van der Waals surface area (Å²) in [6.07, 6.45) is 2.21. The van der Waals surface area contributed by atoms with Crippen LogP contribution in [0.15, 0.2) is 40.1 Å². The van der Waals surface area contributed by atoms with E-state index in [1.165, 1.54) is 6.08 Å². The van der Waals surface area contributed by atoms with Crippen molar-refractivity contribution in [1.82, 2.24) is 15.2 Å². The number of halogens is 1. The third kappa shape index (κ3) is 5.38. The molecule has 0 aliphatic carbocycles. The molecule has 1 aromatic heterocycles. The van der Waals surface area contributed by atoms with Gasteiger partial charge in [-0.05, 0) is 69.5 Å². The molecule has 1 aliphatic heterocycles. The van der Waals surface area contributed by atoms with Gasteiger partial charge >= 0.3 is 0 Å². The molecule has 3 rings (SSSR count). The Kier molecular flexibility index (Phi) is 7.79. The molecular weight excluding hydrogens is 484 g/mol. The number of carbonyl (C=O) groups excluding carboxylic acids is 2. The average molecular weight is 515 g/mol. The first-order chi connectivity index (χ1) is 15.7. The van der Waals surface area contributed by atoms with Crippen molar-refractivity contribution in [1.29, 1.82) is 0 Å². The lowest BCUT2D eigenvalue weighted by Gasteiger charge is -2.32. The fourth-order valence-corrected chi connectivity index (χ4v) is 4.96. The monoisotopic (exact) mass is 514 g/mol. The highest BCUT2D eigenvalue weighted by Crippen LogP contribution is 2.32. The number of benzene rings is 1. The Morgan fingerprint density at radius 2 is 2.03 bits per heavy atom. The summed E-state index contributed by atoms with van der Waals surface area (Å²) in [7, 11) is 0. The normalized spacial score (nSPS) is 15.4. The number of anilines is 1. The molecule has 1 aromatic carbocycles. The summed E-state index contributed by atoms with van der Waals surface area (Å²) in [6, 6.07) is 5.88. The molecule has 1 fully saturated rings. The molecule has 33 heavy (non-hydrogen) atoms. The van der Waals surface area contributed by atoms with Crippen LogP contribution in [0.3, 0.4) is 0 Å². The number of aromatic nitrogens is 1. The average Bonchev–Trinajstić information content (AvgIpc) is 3.24. The van der Waals surface area contributed by atoms with Gasteiger partial charge in [-0.3, -0.25) is 14.4 Å². The maximum atomic E-state index is 13.1. The molecule has 2 amide bonds. The molecule has 2 aromatic rings. The molecule has 2 N–H and O–H groups in total. The van der Waals surface area contributed by atoms with Crippen LogP contribution in [-0.2, 0) is 11.3 Å². The first-order valence-corrected chi connectivity index (χ1v) is 11.9. The number of likely N-dealkylation sites (N-methyl/N-ethyl adjacent to an activating group) is 1. The Morgan fingerprint density at radius 3 is 2.67 bits per heavy atom. The Balaban J connectivity index is 1.84. The highest BCUT2D eigenvalue weighted by atomic mass is 79.9. The molecule has 0 radical (unpaired) electrons. The standard InChI is InChI=1S/C25H31BrN4O3/c1-6-23(31)29-9-8-19(14-29)30(7-2)22-12-18(26)11-20(17(22)5)24(32)27-13-21-15(3)10-16(4)28-25(21)33/h6,10-12,19H,1,7-9,13-14H2,2-5H3,(H,27,32)(H,28,33). The van der Waals surface area contributed by atoms with Gasteiger partial charge in [0.25, 0.3) is 11.5 Å². The van der Waals surface area contributed by atoms with Gasteiger partial charge in [0.15, 0.2) is 0 Å². The van der Waals surface area contributed by atoms with E-state index in [1.54, 1.807) is 6.07 Å². The second-order valence-corrected chi connectivity index (χ2v) is 9.36. The molecule has 7 nitrogen and oxygen atoms in total. The number of pyridine rings is 1. The smallest absolute Gasteiger partial charge is 0.253 e. The summed E-state index contributed by atoms with van der Waals surface area (Å²) >= 11 is 3.56. The molecule has 1 unspecified atom stereocenters. The van der Waals surface area contributed by atoms with Gasteiger partial charge in [-0.1, -0.05) is 22.5 Å². The van der Waals surface area contributed by atoms with Crippen molar-refractivity contribution >= 4 is 33.4 Å². The molecule has 2 heterocycles. The van der Waals surface area contributed by atoms with Crippen LogP contribution in [0.4, 0.5) is 5.69 Å². The van der Waals surface area contributed by atoms with Crippen LogP contribution in [0.2, 0.25) is 0 Å². The zero-order valence-corrected chi connectivity index (χ0v) is 21.2. The van der Waals surface area contributed by atoms with Crippen molar-refractivity contribution in [3.05, 3.63) is 73.6 Å². The van der Waals surface area contributed by atoms with E-state index in [0.717, 1.165) is 39.9 Å². The third-order valence-corrected chi connectivity index (χ3v) is 6.71. The number of aromatic amines is 1. The number of carbonyl (C=O) groups is 2. The number of aryl methyl sites for hydroxylation is 2. The summed E-state index contributed by atoms with van der Waals surface area (Å²) in [5.41, 5.74) is 4.38. The lowest BCUT2D eigenvalue weighted by Crippen LogP contribution is -2.39. The van der Waals surface area contributed by atoms with Gasteiger partial charge in [-0.2, -0.15) is 0 Å². The van der Waals surface area contributed by atoms with Crippen LogP contribution < -0.4 is 15.8 Å². The number of amides is 2. The van der Waals surface area contributed by atoms with E-state index in [9.17, 15) is 14.4 Å². The summed E-state index contributed by atoms with van der Waals surface area (Å²) < 4.78 is 0.799. The van der Waals surface area contributed by atoms with E-state index in [2.05, 4.69) is 44.6 Å². The fourth-order valence-electron chi connectivity index (χ4n) is 4.51. The highest BCUT2D eigenvalue weighted by Gasteiger charge is 2.30. The highest BCUT2D eigenvalue weighted by molar-refractivity contribution is 9.10. The maximum absolute atomic E-state index is 13.1. The molecule has 8 heteroatoms. The van der Waals surface area contributed by atoms with E-state index in [4.69, 9.17) is 0 Å². The number of rotatable bonds is 7. The van der Waals surface area contributed by atoms with E-state index in [0.29, 0.717) is 24.2 Å². The molecule has 1 aliphatic rings. The number of nitrogens with one attached hydrogen (secondary N) is 2. The Labute approximate surface area is 203 Å². The van der Waals surface area contributed by atoms with Crippen molar-refractivity contribution in [2.45, 2.75) is 46.7 Å². The van der Waals surface area contributed by atoms with Gasteiger partial charge in [-0.25, -0.2) is 0 Å². The van der Waals surface area contributed by atoms with Crippen LogP contribution in [-0.4, -0.2) is 47.4 Å². The van der Waals surface area contributed by atoms with Crippen molar-refractivity contribution < 1.29 is 9.59 Å². The van der Waals surface area contributed by atoms with Gasteiger partial charge in [-0.15, -0.1) is 0 Å². The second kappa shape index (κ2) is 10.4. The first kappa shape index (κ1) is 24.8. The van der Waals surface area contributed by atoms with E-state index in [-0.39, 0.29) is 30.0 Å². The summed E-state index contributed by atoms with van der Waals surface area (Å²) in [5, 5.41) is 2.91. The van der Waals surface area contributed by atoms with E-state index < -0.39 is 0 Å². The molecule has 0 saturated carbocycles. The molecular formula is C25H31BrN4O3. The molecule has 1 atom stereocenters. The minimum absolute atomic E-state index is 0.0547. The lowest BCUT2D eigenvalue weighted by atomic mass is 10.0. The van der Waals surface area contributed by atoms with Crippen molar-refractivity contribution in [3.63, 3.8) is 0 Å². The first-order valence-electron chi connectivity index (χ1n) is 11.1. The van der Waals surface area contributed by atoms with Crippen LogP contribution in [0.1, 0.15) is 46.1 Å². The molecule has 1 saturated heterocycles. The van der Waals surface area contributed by atoms with E-state index in [1.807, 2.05) is 37.8 Å². The largest absolute Gasteiger partial charge is 0.367 e. The minimum atomic E-state index is -0.236. The second-order valence-electron chi connectivity index (χ2n) is 8.44. The lowest BCUT2D eigenvalue weighted by molar-refractivity contribution is -0.125. The Morgan fingerprint density at radius 1 is 1.30 bits per heavy atom. The van der Waals surface area contributed by atoms with Crippen molar-refractivity contribution in [3.8, 4) is 0 Å². The number of H-pyrrole nitrogens is 1. The number of nitrogens with zero attached hydrogens (tertiary/aromatic N) is 2. The molecule has 0 spiro atoms. The topological polar surface area (TPSA) is 85.5 Å². The van der Waals surface area contributed by atoms with Crippen LogP contribution in [0.25, 0.3) is 0 Å². The van der Waals surface area contributed by atoms with Crippen molar-refractivity contribution in [2.75, 3.05) is 24.5 Å². The summed E-state index contributed by atoms with van der Waals surface area (Å²) in [5.74, 6) is -0.290. The Bertz CT molecular complexity index is 1140. The zero-order chi connectivity index (χ0) is 24.3. The van der Waals surface area contributed by atoms with Crippen molar-refractivity contribution in [2.24, 2.45) is 0 Å². The van der Waals surface area contributed by atoms with Gasteiger partial charge in [0.05, 0.1) is 0 Å². The number of hydrogen-bond acceptors (Lipinski definition) is 4. The number of hydrogen-bond donors (Lipinski definition) is 2. The molecule has 176 valence electrons. The SMILES string of the molecule is C=CC(=O)N1CCC(N(CC)c2cc(Br)cc(C(=O)NCc3c(C)cc(C)[nH]c3=O)c2C)C1. The summed E-state index contributed by atoms with van der Waals surface area (Å²) in [6.45, 7) is 13.5. The Hall–Kier alpha value is -2.87. The predicted octanol–water partition coefficient (Wildman–Crippen LogP) is 3.61. The van der Waals surface area contributed by atoms with Crippen LogP contribution in [0, 0.1) is 20.8 Å². The zero-order valence-electron chi connectivity index (χ0n) is 19.6. The van der Waals surface area contributed by atoms with Gasteiger partial charge < -0.3 is 20.1 Å². The van der Waals surface area contributed by atoms with Gasteiger partial charge in [0, 0.05) is 59.2 Å². The van der Waals surface area contributed by atoms with E-state index >= 15 is 0 Å². The van der Waals surface area contributed by atoms with Crippen LogP contribution >= 0.6 is 15.9 Å².